The summed E-state index contributed by atoms with van der Waals surface area (Å²) in [6.45, 7) is 10.7. The number of rotatable bonds is 6. The average molecular weight is 410 g/mol. The van der Waals surface area contributed by atoms with Crippen molar-refractivity contribution in [2.45, 2.75) is 52.0 Å². The summed E-state index contributed by atoms with van der Waals surface area (Å²) in [5.74, 6) is -0.408. The van der Waals surface area contributed by atoms with E-state index in [-0.39, 0.29) is 35.6 Å². The Balaban J connectivity index is 2.36. The second-order valence-corrected chi connectivity index (χ2v) is 8.63. The van der Waals surface area contributed by atoms with Crippen LogP contribution in [0.3, 0.4) is 0 Å². The second kappa shape index (κ2) is 9.03. The highest BCUT2D eigenvalue weighted by atomic mass is 19.1. The molecule has 3 atom stereocenters. The molecule has 0 saturated heterocycles. The quantitative estimate of drug-likeness (QED) is 0.633. The molecule has 1 N–H and O–H groups in total. The summed E-state index contributed by atoms with van der Waals surface area (Å²) in [6.07, 6.45) is 2.14. The van der Waals surface area contributed by atoms with E-state index in [4.69, 9.17) is 4.74 Å². The number of hydrogen-bond acceptors (Lipinski definition) is 3. The predicted molar refractivity (Wildman–Crippen MR) is 119 cm³/mol. The molecule has 2 aromatic carbocycles. The van der Waals surface area contributed by atoms with Gasteiger partial charge < -0.3 is 10.1 Å². The normalized spacial score (nSPS) is 23.8. The Morgan fingerprint density at radius 2 is 1.70 bits per heavy atom. The van der Waals surface area contributed by atoms with Crippen molar-refractivity contribution in [1.29, 1.82) is 0 Å². The third kappa shape index (κ3) is 3.88. The van der Waals surface area contributed by atoms with Gasteiger partial charge in [0.15, 0.2) is 0 Å². The molecule has 0 amide bonds. The van der Waals surface area contributed by atoms with E-state index in [1.54, 1.807) is 12.1 Å². The molecule has 3 rings (SSSR count). The number of benzene rings is 2. The van der Waals surface area contributed by atoms with Crippen LogP contribution in [0.4, 0.5) is 4.39 Å². The molecule has 3 unspecified atom stereocenters. The summed E-state index contributed by atoms with van der Waals surface area (Å²) in [5.41, 5.74) is 1.93. The van der Waals surface area contributed by atoms with Crippen LogP contribution in [-0.4, -0.2) is 18.6 Å². The van der Waals surface area contributed by atoms with Gasteiger partial charge in [-0.05, 0) is 42.0 Å². The fraction of sp³-hybridized carbons (Fsp3) is 0.423. The molecule has 0 bridgehead atoms. The fourth-order valence-corrected chi connectivity index (χ4v) is 4.62. The first-order chi connectivity index (χ1) is 14.3. The van der Waals surface area contributed by atoms with Gasteiger partial charge in [0, 0.05) is 17.7 Å². The minimum absolute atomic E-state index is 0.153. The standard InChI is InChI=1S/C26H32FNO2/c1-6-30-25(29)26(20-10-8-7-9-11-20)22(19-12-14-21(27)15-13-19)16-23(17(2)3)28-24(26)18(4)5/h7-18,22,24,28H,6H2,1-5H3. The van der Waals surface area contributed by atoms with Crippen LogP contribution in [0.15, 0.2) is 66.4 Å². The van der Waals surface area contributed by atoms with Gasteiger partial charge in [-0.2, -0.15) is 0 Å². The number of carbonyl (C=O) groups excluding carboxylic acids is 1. The Labute approximate surface area is 179 Å². The Morgan fingerprint density at radius 1 is 1.07 bits per heavy atom. The van der Waals surface area contributed by atoms with Gasteiger partial charge in [-0.3, -0.25) is 4.79 Å². The van der Waals surface area contributed by atoms with Gasteiger partial charge in [0.1, 0.15) is 11.2 Å². The van der Waals surface area contributed by atoms with Gasteiger partial charge in [-0.25, -0.2) is 4.39 Å². The molecule has 0 saturated carbocycles. The number of ether oxygens (including phenoxy) is 1. The van der Waals surface area contributed by atoms with E-state index in [1.807, 2.05) is 37.3 Å². The van der Waals surface area contributed by atoms with E-state index in [9.17, 15) is 9.18 Å². The maximum atomic E-state index is 13.8. The van der Waals surface area contributed by atoms with E-state index >= 15 is 0 Å². The molecule has 0 fully saturated rings. The molecule has 2 aromatic rings. The van der Waals surface area contributed by atoms with Crippen LogP contribution in [0.25, 0.3) is 0 Å². The zero-order valence-corrected chi connectivity index (χ0v) is 18.5. The summed E-state index contributed by atoms with van der Waals surface area (Å²) in [7, 11) is 0. The van der Waals surface area contributed by atoms with E-state index in [2.05, 4.69) is 39.1 Å². The maximum Gasteiger partial charge on any atom is 0.319 e. The molecule has 30 heavy (non-hydrogen) atoms. The SMILES string of the molecule is CCOC(=O)C1(c2ccccc2)C(c2ccc(F)cc2)C=C(C(C)C)NC1C(C)C. The summed E-state index contributed by atoms with van der Waals surface area (Å²) in [6, 6.07) is 16.2. The molecular formula is C26H32FNO2. The first-order valence-corrected chi connectivity index (χ1v) is 10.8. The van der Waals surface area contributed by atoms with Gasteiger partial charge >= 0.3 is 5.97 Å². The number of nitrogens with one attached hydrogen (secondary N) is 1. The molecule has 0 aliphatic carbocycles. The van der Waals surface area contributed by atoms with Crippen molar-refractivity contribution in [2.24, 2.45) is 11.8 Å². The Morgan fingerprint density at radius 3 is 2.23 bits per heavy atom. The molecular weight excluding hydrogens is 377 g/mol. The average Bonchev–Trinajstić information content (AvgIpc) is 2.73. The predicted octanol–water partition coefficient (Wildman–Crippen LogP) is 5.58. The van der Waals surface area contributed by atoms with Gasteiger partial charge in [-0.15, -0.1) is 0 Å². The van der Waals surface area contributed by atoms with Crippen molar-refractivity contribution < 1.29 is 13.9 Å². The lowest BCUT2D eigenvalue weighted by atomic mass is 9.58. The van der Waals surface area contributed by atoms with Crippen LogP contribution < -0.4 is 5.32 Å². The summed E-state index contributed by atoms with van der Waals surface area (Å²) in [5, 5.41) is 3.68. The van der Waals surface area contributed by atoms with Crippen LogP contribution in [0.1, 0.15) is 51.7 Å². The zero-order valence-electron chi connectivity index (χ0n) is 18.5. The minimum Gasteiger partial charge on any atom is -0.465 e. The first kappa shape index (κ1) is 22.1. The Hall–Kier alpha value is -2.62. The molecule has 1 aliphatic heterocycles. The lowest BCUT2D eigenvalue weighted by Gasteiger charge is -2.50. The highest BCUT2D eigenvalue weighted by Crippen LogP contribution is 2.49. The largest absolute Gasteiger partial charge is 0.465 e. The monoisotopic (exact) mass is 409 g/mol. The van der Waals surface area contributed by atoms with E-state index < -0.39 is 5.41 Å². The number of allylic oxidation sites excluding steroid dienone is 2. The second-order valence-electron chi connectivity index (χ2n) is 8.63. The van der Waals surface area contributed by atoms with Crippen molar-refractivity contribution >= 4 is 5.97 Å². The number of carbonyl (C=O) groups is 1. The third-order valence-corrected chi connectivity index (χ3v) is 6.03. The van der Waals surface area contributed by atoms with Crippen LogP contribution >= 0.6 is 0 Å². The highest BCUT2D eigenvalue weighted by Gasteiger charge is 2.57. The van der Waals surface area contributed by atoms with E-state index in [0.29, 0.717) is 6.61 Å². The number of halogens is 1. The summed E-state index contributed by atoms with van der Waals surface area (Å²) < 4.78 is 19.4. The Kier molecular flexibility index (Phi) is 6.64. The molecule has 3 nitrogen and oxygen atoms in total. The molecule has 1 aliphatic rings. The lowest BCUT2D eigenvalue weighted by Crippen LogP contribution is -2.62. The summed E-state index contributed by atoms with van der Waals surface area (Å²) in [4.78, 5) is 13.8. The van der Waals surface area contributed by atoms with Crippen molar-refractivity contribution in [3.8, 4) is 0 Å². The van der Waals surface area contributed by atoms with Crippen molar-refractivity contribution in [3.63, 3.8) is 0 Å². The molecule has 1 heterocycles. The lowest BCUT2D eigenvalue weighted by molar-refractivity contribution is -0.153. The van der Waals surface area contributed by atoms with Crippen LogP contribution in [0, 0.1) is 17.7 Å². The smallest absolute Gasteiger partial charge is 0.319 e. The van der Waals surface area contributed by atoms with Crippen molar-refractivity contribution in [1.82, 2.24) is 5.32 Å². The van der Waals surface area contributed by atoms with Crippen LogP contribution in [0.2, 0.25) is 0 Å². The molecule has 0 aromatic heterocycles. The highest BCUT2D eigenvalue weighted by molar-refractivity contribution is 5.87. The van der Waals surface area contributed by atoms with Gasteiger partial charge in [-0.1, -0.05) is 76.2 Å². The van der Waals surface area contributed by atoms with Crippen molar-refractivity contribution in [2.75, 3.05) is 6.61 Å². The van der Waals surface area contributed by atoms with Crippen molar-refractivity contribution in [3.05, 3.63) is 83.3 Å². The minimum atomic E-state index is -0.971. The summed E-state index contributed by atoms with van der Waals surface area (Å²) >= 11 is 0. The molecule has 0 spiro atoms. The topological polar surface area (TPSA) is 38.3 Å². The number of esters is 1. The van der Waals surface area contributed by atoms with Gasteiger partial charge in [0.25, 0.3) is 0 Å². The van der Waals surface area contributed by atoms with Gasteiger partial charge in [0.2, 0.25) is 0 Å². The van der Waals surface area contributed by atoms with Crippen LogP contribution in [-0.2, 0) is 14.9 Å². The molecule has 160 valence electrons. The number of hydrogen-bond donors (Lipinski definition) is 1. The van der Waals surface area contributed by atoms with E-state index in [0.717, 1.165) is 16.8 Å². The van der Waals surface area contributed by atoms with Gasteiger partial charge in [0.05, 0.1) is 6.61 Å². The molecule has 0 radical (unpaired) electrons. The fourth-order valence-electron chi connectivity index (χ4n) is 4.62. The molecule has 4 heteroatoms. The Bertz CT molecular complexity index is 889. The zero-order chi connectivity index (χ0) is 21.9. The first-order valence-electron chi connectivity index (χ1n) is 10.8. The maximum absolute atomic E-state index is 13.8. The van der Waals surface area contributed by atoms with Crippen LogP contribution in [0.5, 0.6) is 0 Å². The van der Waals surface area contributed by atoms with E-state index in [1.165, 1.54) is 12.1 Å². The third-order valence-electron chi connectivity index (χ3n) is 6.03.